The number of aromatic nitrogens is 2. The molecule has 6 heteroatoms. The first-order valence-corrected chi connectivity index (χ1v) is 6.58. The molecule has 2 bridgehead atoms. The Kier molecular flexibility index (Phi) is 3.22. The quantitative estimate of drug-likeness (QED) is 0.836. The van der Waals surface area contributed by atoms with E-state index in [0.717, 1.165) is 25.3 Å². The van der Waals surface area contributed by atoms with E-state index in [-0.39, 0.29) is 6.61 Å². The molecular formula is C12H19N3O3. The lowest BCUT2D eigenvalue weighted by molar-refractivity contribution is -0.0570. The van der Waals surface area contributed by atoms with Gasteiger partial charge in [-0.25, -0.2) is 0 Å². The summed E-state index contributed by atoms with van der Waals surface area (Å²) in [4.78, 5) is 6.51. The van der Waals surface area contributed by atoms with Crippen LogP contribution < -0.4 is 4.90 Å². The third-order valence-electron chi connectivity index (χ3n) is 4.04. The molecule has 1 N–H and O–H groups in total. The Morgan fingerprint density at radius 3 is 2.61 bits per heavy atom. The van der Waals surface area contributed by atoms with Crippen LogP contribution in [-0.2, 0) is 11.2 Å². The lowest BCUT2D eigenvalue weighted by atomic mass is 9.77. The van der Waals surface area contributed by atoms with Gasteiger partial charge in [-0.15, -0.1) is 0 Å². The lowest BCUT2D eigenvalue weighted by Gasteiger charge is -2.45. The molecule has 18 heavy (non-hydrogen) atoms. The molecule has 2 unspecified atom stereocenters. The van der Waals surface area contributed by atoms with Gasteiger partial charge in [0.1, 0.15) is 0 Å². The summed E-state index contributed by atoms with van der Waals surface area (Å²) in [6.07, 6.45) is 0.784. The Morgan fingerprint density at radius 2 is 2.06 bits per heavy atom. The van der Waals surface area contributed by atoms with Gasteiger partial charge in [-0.1, -0.05) is 12.1 Å². The number of anilines is 1. The number of hydrogen-bond acceptors (Lipinski definition) is 6. The molecule has 0 amide bonds. The Hall–Kier alpha value is -1.14. The zero-order chi connectivity index (χ0) is 12.5. The molecule has 6 nitrogen and oxygen atoms in total. The fourth-order valence-corrected chi connectivity index (χ4v) is 2.99. The maximum atomic E-state index is 9.47. The van der Waals surface area contributed by atoms with Gasteiger partial charge in [-0.3, -0.25) is 0 Å². The van der Waals surface area contributed by atoms with Crippen LogP contribution in [0.3, 0.4) is 0 Å². The summed E-state index contributed by atoms with van der Waals surface area (Å²) in [6, 6.07) is 0.611. The standard InChI is InChI=1S/C12H19N3O3/c1-2-11-13-12(18-14-11)15-3-8-6-17-7-9(4-15)10(8)5-16/h8-10,16H,2-7H2,1H3. The lowest BCUT2D eigenvalue weighted by Crippen LogP contribution is -2.53. The van der Waals surface area contributed by atoms with Crippen LogP contribution in [0.15, 0.2) is 4.52 Å². The van der Waals surface area contributed by atoms with Crippen molar-refractivity contribution in [3.63, 3.8) is 0 Å². The van der Waals surface area contributed by atoms with E-state index in [9.17, 15) is 5.11 Å². The van der Waals surface area contributed by atoms with Crippen LogP contribution in [0.25, 0.3) is 0 Å². The Labute approximate surface area is 106 Å². The first-order chi connectivity index (χ1) is 8.81. The molecule has 0 saturated carbocycles. The van der Waals surface area contributed by atoms with Crippen molar-refractivity contribution in [1.29, 1.82) is 0 Å². The van der Waals surface area contributed by atoms with Gasteiger partial charge in [0.05, 0.1) is 13.2 Å². The SMILES string of the molecule is CCc1noc(N2CC3COCC(C2)C3CO)n1. The maximum Gasteiger partial charge on any atom is 0.324 e. The van der Waals surface area contributed by atoms with Crippen molar-refractivity contribution in [3.05, 3.63) is 5.82 Å². The van der Waals surface area contributed by atoms with Crippen molar-refractivity contribution in [2.45, 2.75) is 13.3 Å². The fraction of sp³-hybridized carbons (Fsp3) is 0.833. The van der Waals surface area contributed by atoms with Crippen LogP contribution >= 0.6 is 0 Å². The van der Waals surface area contributed by atoms with Crippen molar-refractivity contribution in [2.75, 3.05) is 37.8 Å². The van der Waals surface area contributed by atoms with Gasteiger partial charge in [0, 0.05) is 38.0 Å². The fourth-order valence-electron chi connectivity index (χ4n) is 2.99. The largest absolute Gasteiger partial charge is 0.396 e. The average molecular weight is 253 g/mol. The second kappa shape index (κ2) is 4.85. The zero-order valence-electron chi connectivity index (χ0n) is 10.6. The normalized spacial score (nSPS) is 31.7. The number of aryl methyl sites for hydroxylation is 1. The number of rotatable bonds is 3. The van der Waals surface area contributed by atoms with Crippen LogP contribution in [0.4, 0.5) is 6.01 Å². The van der Waals surface area contributed by atoms with Gasteiger partial charge < -0.3 is 19.3 Å². The van der Waals surface area contributed by atoms with Crippen LogP contribution in [0.2, 0.25) is 0 Å². The number of nitrogens with zero attached hydrogens (tertiary/aromatic N) is 3. The topological polar surface area (TPSA) is 71.6 Å². The average Bonchev–Trinajstić information content (AvgIpc) is 2.85. The minimum atomic E-state index is 0.247. The van der Waals surface area contributed by atoms with E-state index in [1.54, 1.807) is 0 Å². The van der Waals surface area contributed by atoms with E-state index in [1.807, 2.05) is 6.92 Å². The van der Waals surface area contributed by atoms with Gasteiger partial charge in [-0.05, 0) is 5.92 Å². The number of hydrogen-bond donors (Lipinski definition) is 1. The van der Waals surface area contributed by atoms with Gasteiger partial charge >= 0.3 is 6.01 Å². The van der Waals surface area contributed by atoms with Crippen molar-refractivity contribution < 1.29 is 14.4 Å². The Bertz CT molecular complexity index is 395. The molecule has 100 valence electrons. The molecule has 2 aliphatic heterocycles. The van der Waals surface area contributed by atoms with E-state index >= 15 is 0 Å². The minimum absolute atomic E-state index is 0.247. The Morgan fingerprint density at radius 1 is 1.33 bits per heavy atom. The number of ether oxygens (including phenoxy) is 1. The zero-order valence-corrected chi connectivity index (χ0v) is 10.6. The summed E-state index contributed by atoms with van der Waals surface area (Å²) < 4.78 is 10.9. The molecular weight excluding hydrogens is 234 g/mol. The van der Waals surface area contributed by atoms with Gasteiger partial charge in [-0.2, -0.15) is 4.98 Å². The molecule has 2 aliphatic rings. The van der Waals surface area contributed by atoms with Crippen LogP contribution in [0.5, 0.6) is 0 Å². The smallest absolute Gasteiger partial charge is 0.324 e. The molecule has 1 aromatic rings. The first-order valence-electron chi connectivity index (χ1n) is 6.58. The molecule has 1 aromatic heterocycles. The van der Waals surface area contributed by atoms with Gasteiger partial charge in [0.25, 0.3) is 0 Å². The summed E-state index contributed by atoms with van der Waals surface area (Å²) in [5, 5.41) is 13.4. The third-order valence-corrected chi connectivity index (χ3v) is 4.04. The molecule has 2 atom stereocenters. The second-order valence-corrected chi connectivity index (χ2v) is 5.16. The van der Waals surface area contributed by atoms with Crippen molar-refractivity contribution in [3.8, 4) is 0 Å². The maximum absolute atomic E-state index is 9.47. The summed E-state index contributed by atoms with van der Waals surface area (Å²) in [5.74, 6) is 1.82. The van der Waals surface area contributed by atoms with Gasteiger partial charge in [0.15, 0.2) is 5.82 Å². The number of fused-ring (bicyclic) bond motifs is 2. The van der Waals surface area contributed by atoms with E-state index < -0.39 is 0 Å². The number of aliphatic hydroxyl groups is 1. The summed E-state index contributed by atoms with van der Waals surface area (Å²) in [7, 11) is 0. The van der Waals surface area contributed by atoms with Gasteiger partial charge in [0.2, 0.25) is 0 Å². The molecule has 0 aromatic carbocycles. The Balaban J connectivity index is 1.76. The highest BCUT2D eigenvalue weighted by molar-refractivity contribution is 5.27. The molecule has 3 rings (SSSR count). The molecule has 0 spiro atoms. The monoisotopic (exact) mass is 253 g/mol. The summed E-state index contributed by atoms with van der Waals surface area (Å²) in [5.41, 5.74) is 0. The van der Waals surface area contributed by atoms with Crippen molar-refractivity contribution >= 4 is 6.01 Å². The third kappa shape index (κ3) is 1.99. The summed E-state index contributed by atoms with van der Waals surface area (Å²) in [6.45, 7) is 5.34. The highest BCUT2D eigenvalue weighted by Gasteiger charge is 2.41. The van der Waals surface area contributed by atoms with E-state index in [2.05, 4.69) is 15.0 Å². The van der Waals surface area contributed by atoms with E-state index in [1.165, 1.54) is 0 Å². The van der Waals surface area contributed by atoms with Crippen molar-refractivity contribution in [1.82, 2.24) is 10.1 Å². The minimum Gasteiger partial charge on any atom is -0.396 e. The van der Waals surface area contributed by atoms with Crippen molar-refractivity contribution in [2.24, 2.45) is 17.8 Å². The highest BCUT2D eigenvalue weighted by atomic mass is 16.5. The molecule has 2 fully saturated rings. The molecule has 0 radical (unpaired) electrons. The predicted molar refractivity (Wildman–Crippen MR) is 64.3 cm³/mol. The van der Waals surface area contributed by atoms with Crippen LogP contribution in [0.1, 0.15) is 12.7 Å². The summed E-state index contributed by atoms with van der Waals surface area (Å²) >= 11 is 0. The number of aliphatic hydroxyl groups excluding tert-OH is 1. The van der Waals surface area contributed by atoms with E-state index in [4.69, 9.17) is 9.26 Å². The predicted octanol–water partition coefficient (Wildman–Crippen LogP) is 0.323. The highest BCUT2D eigenvalue weighted by Crippen LogP contribution is 2.34. The van der Waals surface area contributed by atoms with Crippen LogP contribution in [-0.4, -0.2) is 48.2 Å². The van der Waals surface area contributed by atoms with E-state index in [0.29, 0.717) is 37.0 Å². The second-order valence-electron chi connectivity index (χ2n) is 5.16. The number of piperidine rings is 1. The molecule has 3 heterocycles. The molecule has 0 aliphatic carbocycles. The first kappa shape index (κ1) is 11.9. The molecule has 2 saturated heterocycles. The van der Waals surface area contributed by atoms with Crippen LogP contribution in [0, 0.1) is 17.8 Å².